The van der Waals surface area contributed by atoms with Crippen LogP contribution in [0.1, 0.15) is 6.92 Å². The molecule has 0 N–H and O–H groups in total. The summed E-state index contributed by atoms with van der Waals surface area (Å²) in [6.45, 7) is 1.63. The van der Waals surface area contributed by atoms with Gasteiger partial charge in [0.2, 0.25) is 5.82 Å². The first-order valence-electron chi connectivity index (χ1n) is 4.33. The van der Waals surface area contributed by atoms with E-state index in [-0.39, 0.29) is 12.4 Å². The molecule has 94 valence electrons. The van der Waals surface area contributed by atoms with Gasteiger partial charge in [-0.05, 0) is 19.1 Å². The number of benzene rings is 1. The number of nitro benzene ring substituents is 1. The smallest absolute Gasteiger partial charge is 0.347 e. The second-order valence-corrected chi connectivity index (χ2v) is 5.39. The number of halogens is 2. The number of rotatable bonds is 4. The monoisotopic (exact) mass is 283 g/mol. The van der Waals surface area contributed by atoms with E-state index < -0.39 is 30.4 Å². The second-order valence-electron chi connectivity index (χ2n) is 2.85. The van der Waals surface area contributed by atoms with Gasteiger partial charge in [-0.3, -0.25) is 10.1 Å². The topological polar surface area (TPSA) is 86.5 Å². The van der Waals surface area contributed by atoms with Crippen molar-refractivity contribution in [1.29, 1.82) is 0 Å². The minimum atomic E-state index is -4.38. The lowest BCUT2D eigenvalue weighted by Gasteiger charge is -2.06. The van der Waals surface area contributed by atoms with E-state index in [9.17, 15) is 22.9 Å². The van der Waals surface area contributed by atoms with Crippen molar-refractivity contribution < 1.29 is 22.5 Å². The molecule has 0 amide bonds. The van der Waals surface area contributed by atoms with Crippen molar-refractivity contribution in [1.82, 2.24) is 0 Å². The third-order valence-electron chi connectivity index (χ3n) is 1.79. The highest BCUT2D eigenvalue weighted by atomic mass is 35.7. The maximum atomic E-state index is 13.6. The number of nitro groups is 1. The summed E-state index contributed by atoms with van der Waals surface area (Å²) in [4.78, 5) is 8.63. The SMILES string of the molecule is CCOc1ccc(S(=O)(=O)Cl)c(F)c1[N+](=O)[O-]. The van der Waals surface area contributed by atoms with Gasteiger partial charge in [0.05, 0.1) is 11.5 Å². The third-order valence-corrected chi connectivity index (χ3v) is 3.13. The van der Waals surface area contributed by atoms with E-state index in [2.05, 4.69) is 0 Å². The van der Waals surface area contributed by atoms with Crippen molar-refractivity contribution in [2.75, 3.05) is 6.61 Å². The van der Waals surface area contributed by atoms with Crippen LogP contribution in [0.5, 0.6) is 5.75 Å². The van der Waals surface area contributed by atoms with Crippen LogP contribution >= 0.6 is 10.7 Å². The second kappa shape index (κ2) is 4.84. The van der Waals surface area contributed by atoms with Gasteiger partial charge in [-0.25, -0.2) is 8.42 Å². The highest BCUT2D eigenvalue weighted by molar-refractivity contribution is 8.13. The van der Waals surface area contributed by atoms with Crippen LogP contribution in [0, 0.1) is 15.9 Å². The quantitative estimate of drug-likeness (QED) is 0.479. The molecule has 17 heavy (non-hydrogen) atoms. The van der Waals surface area contributed by atoms with Crippen LogP contribution in [0.2, 0.25) is 0 Å². The molecule has 0 bridgehead atoms. The third kappa shape index (κ3) is 2.83. The Balaban J connectivity index is 3.55. The maximum Gasteiger partial charge on any atom is 0.347 e. The van der Waals surface area contributed by atoms with Gasteiger partial charge in [-0.1, -0.05) is 0 Å². The van der Waals surface area contributed by atoms with Gasteiger partial charge < -0.3 is 4.74 Å². The van der Waals surface area contributed by atoms with E-state index >= 15 is 0 Å². The first kappa shape index (κ1) is 13.7. The van der Waals surface area contributed by atoms with Gasteiger partial charge >= 0.3 is 5.69 Å². The van der Waals surface area contributed by atoms with Crippen LogP contribution in [0.4, 0.5) is 10.1 Å². The van der Waals surface area contributed by atoms with E-state index in [4.69, 9.17) is 15.4 Å². The van der Waals surface area contributed by atoms with Crippen molar-refractivity contribution in [2.24, 2.45) is 0 Å². The first-order valence-corrected chi connectivity index (χ1v) is 6.64. The van der Waals surface area contributed by atoms with Gasteiger partial charge in [0.25, 0.3) is 9.05 Å². The molecule has 0 aliphatic carbocycles. The summed E-state index contributed by atoms with van der Waals surface area (Å²) in [6, 6.07) is 1.80. The van der Waals surface area contributed by atoms with E-state index in [1.54, 1.807) is 6.92 Å². The molecule has 0 saturated carbocycles. The zero-order valence-corrected chi connectivity index (χ0v) is 10.1. The zero-order valence-electron chi connectivity index (χ0n) is 8.51. The molecule has 0 aliphatic heterocycles. The lowest BCUT2D eigenvalue weighted by atomic mass is 10.3. The molecule has 0 fully saturated rings. The molecule has 0 spiro atoms. The molecule has 0 heterocycles. The number of hydrogen-bond donors (Lipinski definition) is 0. The summed E-state index contributed by atoms with van der Waals surface area (Å²) >= 11 is 0. The van der Waals surface area contributed by atoms with Gasteiger partial charge in [0.1, 0.15) is 4.90 Å². The predicted molar refractivity (Wildman–Crippen MR) is 57.3 cm³/mol. The highest BCUT2D eigenvalue weighted by Gasteiger charge is 2.29. The van der Waals surface area contributed by atoms with Crippen LogP contribution in [-0.4, -0.2) is 19.9 Å². The lowest BCUT2D eigenvalue weighted by Crippen LogP contribution is -2.04. The largest absolute Gasteiger partial charge is 0.487 e. The summed E-state index contributed by atoms with van der Waals surface area (Å²) in [6.07, 6.45) is 0. The van der Waals surface area contributed by atoms with Crippen molar-refractivity contribution in [3.63, 3.8) is 0 Å². The van der Waals surface area contributed by atoms with Crippen molar-refractivity contribution in [3.8, 4) is 5.75 Å². The zero-order chi connectivity index (χ0) is 13.2. The van der Waals surface area contributed by atoms with E-state index in [1.807, 2.05) is 0 Å². The van der Waals surface area contributed by atoms with Crippen molar-refractivity contribution >= 4 is 25.4 Å². The predicted octanol–water partition coefficient (Wildman–Crippen LogP) is 2.06. The Morgan fingerprint density at radius 1 is 1.53 bits per heavy atom. The van der Waals surface area contributed by atoms with Crippen LogP contribution in [0.3, 0.4) is 0 Å². The number of hydrogen-bond acceptors (Lipinski definition) is 5. The Morgan fingerprint density at radius 3 is 2.53 bits per heavy atom. The fraction of sp³-hybridized carbons (Fsp3) is 0.250. The van der Waals surface area contributed by atoms with E-state index in [0.717, 1.165) is 12.1 Å². The molecular formula is C8H7ClFNO5S. The molecule has 0 radical (unpaired) electrons. The molecular weight excluding hydrogens is 277 g/mol. The van der Waals surface area contributed by atoms with E-state index in [0.29, 0.717) is 0 Å². The van der Waals surface area contributed by atoms with Crippen LogP contribution in [0.25, 0.3) is 0 Å². The Hall–Kier alpha value is -1.41. The van der Waals surface area contributed by atoms with Crippen molar-refractivity contribution in [3.05, 3.63) is 28.1 Å². The minimum absolute atomic E-state index is 0.0766. The molecule has 1 aromatic carbocycles. The molecule has 0 aromatic heterocycles. The first-order chi connectivity index (χ1) is 7.79. The van der Waals surface area contributed by atoms with Crippen LogP contribution in [-0.2, 0) is 9.05 Å². The van der Waals surface area contributed by atoms with Crippen LogP contribution < -0.4 is 4.74 Å². The van der Waals surface area contributed by atoms with Gasteiger partial charge in [-0.2, -0.15) is 4.39 Å². The summed E-state index contributed by atoms with van der Waals surface area (Å²) in [7, 11) is 0.555. The number of nitrogens with zero attached hydrogens (tertiary/aromatic N) is 1. The Morgan fingerprint density at radius 2 is 2.12 bits per heavy atom. The van der Waals surface area contributed by atoms with Gasteiger partial charge in [0.15, 0.2) is 5.75 Å². The lowest BCUT2D eigenvalue weighted by molar-refractivity contribution is -0.388. The molecule has 0 unspecified atom stereocenters. The minimum Gasteiger partial charge on any atom is -0.487 e. The molecule has 9 heteroatoms. The standard InChI is InChI=1S/C8H7ClFNO5S/c1-2-16-5-3-4-6(17(9,14)15)7(10)8(5)11(12)13/h3-4H,2H2,1H3. The summed E-state index contributed by atoms with van der Waals surface area (Å²) < 4.78 is 40.4. The summed E-state index contributed by atoms with van der Waals surface area (Å²) in [5.74, 6) is -1.88. The molecule has 0 aliphatic rings. The Bertz CT molecular complexity index is 559. The summed E-state index contributed by atoms with van der Waals surface area (Å²) in [5, 5.41) is 10.6. The molecule has 6 nitrogen and oxygen atoms in total. The fourth-order valence-corrected chi connectivity index (χ4v) is 2.06. The summed E-state index contributed by atoms with van der Waals surface area (Å²) in [5.41, 5.74) is -1.05. The Labute approximate surface area is 101 Å². The van der Waals surface area contributed by atoms with Gasteiger partial charge in [0, 0.05) is 10.7 Å². The average molecular weight is 284 g/mol. The maximum absolute atomic E-state index is 13.6. The van der Waals surface area contributed by atoms with E-state index in [1.165, 1.54) is 0 Å². The fourth-order valence-electron chi connectivity index (χ4n) is 1.16. The van der Waals surface area contributed by atoms with Crippen LogP contribution in [0.15, 0.2) is 17.0 Å². The average Bonchev–Trinajstić information content (AvgIpc) is 2.15. The molecule has 0 saturated heterocycles. The number of ether oxygens (including phenoxy) is 1. The molecule has 0 atom stereocenters. The van der Waals surface area contributed by atoms with Crippen molar-refractivity contribution in [2.45, 2.75) is 11.8 Å². The highest BCUT2D eigenvalue weighted by Crippen LogP contribution is 2.34. The Kier molecular flexibility index (Phi) is 3.89. The molecule has 1 aromatic rings. The normalized spacial score (nSPS) is 11.2. The molecule has 1 rings (SSSR count). The van der Waals surface area contributed by atoms with Gasteiger partial charge in [-0.15, -0.1) is 0 Å².